The van der Waals surface area contributed by atoms with Crippen LogP contribution < -0.4 is 10.6 Å². The number of carbonyl (C=O) groups is 1. The van der Waals surface area contributed by atoms with Gasteiger partial charge in [0.15, 0.2) is 0 Å². The molecule has 2 rings (SSSR count). The van der Waals surface area contributed by atoms with Crippen molar-refractivity contribution in [2.45, 2.75) is 6.42 Å². The molecule has 6 heteroatoms. The van der Waals surface area contributed by atoms with Crippen molar-refractivity contribution in [3.63, 3.8) is 0 Å². The van der Waals surface area contributed by atoms with Gasteiger partial charge in [-0.1, -0.05) is 6.07 Å². The fourth-order valence-electron chi connectivity index (χ4n) is 1.88. The number of benzene rings is 1. The van der Waals surface area contributed by atoms with Gasteiger partial charge in [-0.3, -0.25) is 4.79 Å². The van der Waals surface area contributed by atoms with Gasteiger partial charge in [0.2, 0.25) is 0 Å². The minimum Gasteiger partial charge on any atom is -0.384 e. The molecular weight excluding hydrogens is 252 g/mol. The summed E-state index contributed by atoms with van der Waals surface area (Å²) in [5, 5.41) is 5.80. The number of hydrogen-bond acceptors (Lipinski definition) is 4. The molecule has 0 radical (unpaired) electrons. The first-order valence-electron chi connectivity index (χ1n) is 5.78. The number of nitrogens with one attached hydrogen (secondary N) is 2. The largest absolute Gasteiger partial charge is 0.384 e. The highest BCUT2D eigenvalue weighted by Crippen LogP contribution is 2.22. The standard InChI is InChI=1S/C12H16N2O3S/c1-18(16,17)7-6-14-12(15)10-3-2-9-4-5-13-11(9)8-10/h2-3,8,13H,4-7H2,1H3,(H,14,15). The molecule has 1 heterocycles. The van der Waals surface area contributed by atoms with Gasteiger partial charge >= 0.3 is 0 Å². The average molecular weight is 268 g/mol. The maximum Gasteiger partial charge on any atom is 0.251 e. The first-order valence-corrected chi connectivity index (χ1v) is 7.84. The molecule has 0 bridgehead atoms. The first-order chi connectivity index (χ1) is 8.46. The maximum absolute atomic E-state index is 11.8. The highest BCUT2D eigenvalue weighted by Gasteiger charge is 2.13. The Labute approximate surface area is 107 Å². The average Bonchev–Trinajstić information content (AvgIpc) is 2.73. The van der Waals surface area contributed by atoms with Crippen molar-refractivity contribution in [1.82, 2.24) is 5.32 Å². The van der Waals surface area contributed by atoms with Crippen LogP contribution in [0.5, 0.6) is 0 Å². The SMILES string of the molecule is CS(=O)(=O)CCNC(=O)c1ccc2c(c1)NCC2. The van der Waals surface area contributed by atoms with Crippen molar-refractivity contribution in [2.75, 3.05) is 30.4 Å². The van der Waals surface area contributed by atoms with Gasteiger partial charge in [-0.05, 0) is 24.1 Å². The lowest BCUT2D eigenvalue weighted by molar-refractivity contribution is 0.0956. The summed E-state index contributed by atoms with van der Waals surface area (Å²) in [7, 11) is -3.04. The lowest BCUT2D eigenvalue weighted by Gasteiger charge is -2.06. The highest BCUT2D eigenvalue weighted by atomic mass is 32.2. The highest BCUT2D eigenvalue weighted by molar-refractivity contribution is 7.90. The number of rotatable bonds is 4. The molecule has 0 spiro atoms. The second-order valence-electron chi connectivity index (χ2n) is 4.43. The molecule has 0 saturated heterocycles. The molecule has 0 atom stereocenters. The lowest BCUT2D eigenvalue weighted by atomic mass is 10.1. The minimum absolute atomic E-state index is 0.0398. The van der Waals surface area contributed by atoms with Gasteiger partial charge in [-0.15, -0.1) is 0 Å². The van der Waals surface area contributed by atoms with E-state index in [0.717, 1.165) is 24.9 Å². The predicted octanol–water partition coefficient (Wildman–Crippen LogP) is 0.429. The second kappa shape index (κ2) is 4.97. The first kappa shape index (κ1) is 12.9. The van der Waals surface area contributed by atoms with Crippen molar-refractivity contribution in [2.24, 2.45) is 0 Å². The molecule has 0 saturated carbocycles. The zero-order valence-corrected chi connectivity index (χ0v) is 11.0. The Balaban J connectivity index is 1.97. The van der Waals surface area contributed by atoms with Gasteiger partial charge in [0.25, 0.3) is 5.91 Å². The zero-order chi connectivity index (χ0) is 13.2. The minimum atomic E-state index is -3.04. The number of carbonyl (C=O) groups excluding carboxylic acids is 1. The van der Waals surface area contributed by atoms with Crippen molar-refractivity contribution in [3.8, 4) is 0 Å². The summed E-state index contributed by atoms with van der Waals surface area (Å²) in [6, 6.07) is 5.50. The van der Waals surface area contributed by atoms with Gasteiger partial charge in [-0.25, -0.2) is 8.42 Å². The van der Waals surface area contributed by atoms with Gasteiger partial charge in [0.1, 0.15) is 9.84 Å². The fraction of sp³-hybridized carbons (Fsp3) is 0.417. The normalized spacial score (nSPS) is 13.8. The van der Waals surface area contributed by atoms with Crippen LogP contribution in [-0.4, -0.2) is 39.4 Å². The summed E-state index contributed by atoms with van der Waals surface area (Å²) in [4.78, 5) is 11.8. The number of fused-ring (bicyclic) bond motifs is 1. The Bertz CT molecular complexity index is 567. The Morgan fingerprint density at radius 1 is 1.44 bits per heavy atom. The molecule has 2 N–H and O–H groups in total. The third kappa shape index (κ3) is 3.22. The van der Waals surface area contributed by atoms with Crippen LogP contribution >= 0.6 is 0 Å². The van der Waals surface area contributed by atoms with Gasteiger partial charge < -0.3 is 10.6 Å². The third-order valence-corrected chi connectivity index (χ3v) is 3.79. The van der Waals surface area contributed by atoms with E-state index in [4.69, 9.17) is 0 Å². The van der Waals surface area contributed by atoms with E-state index < -0.39 is 9.84 Å². The molecule has 1 aliphatic heterocycles. The van der Waals surface area contributed by atoms with E-state index in [0.29, 0.717) is 5.56 Å². The van der Waals surface area contributed by atoms with Crippen LogP contribution in [-0.2, 0) is 16.3 Å². The van der Waals surface area contributed by atoms with E-state index in [1.807, 2.05) is 6.07 Å². The Kier molecular flexibility index (Phi) is 3.56. The van der Waals surface area contributed by atoms with E-state index in [-0.39, 0.29) is 18.2 Å². The lowest BCUT2D eigenvalue weighted by Crippen LogP contribution is -2.28. The monoisotopic (exact) mass is 268 g/mol. The van der Waals surface area contributed by atoms with Crippen LogP contribution in [0, 0.1) is 0 Å². The summed E-state index contributed by atoms with van der Waals surface area (Å²) in [5.74, 6) is -0.280. The second-order valence-corrected chi connectivity index (χ2v) is 6.69. The van der Waals surface area contributed by atoms with Gasteiger partial charge in [0.05, 0.1) is 5.75 Å². The maximum atomic E-state index is 11.8. The number of hydrogen-bond donors (Lipinski definition) is 2. The van der Waals surface area contributed by atoms with Crippen LogP contribution in [0.25, 0.3) is 0 Å². The van der Waals surface area contributed by atoms with Crippen LogP contribution in [0.15, 0.2) is 18.2 Å². The van der Waals surface area contributed by atoms with E-state index in [2.05, 4.69) is 10.6 Å². The van der Waals surface area contributed by atoms with E-state index in [9.17, 15) is 13.2 Å². The number of amides is 1. The van der Waals surface area contributed by atoms with Crippen LogP contribution in [0.2, 0.25) is 0 Å². The molecule has 5 nitrogen and oxygen atoms in total. The van der Waals surface area contributed by atoms with Crippen molar-refractivity contribution < 1.29 is 13.2 Å². The Morgan fingerprint density at radius 3 is 2.94 bits per heavy atom. The molecule has 0 aromatic heterocycles. The van der Waals surface area contributed by atoms with Crippen LogP contribution in [0.1, 0.15) is 15.9 Å². The summed E-state index contributed by atoms with van der Waals surface area (Å²) < 4.78 is 21.9. The van der Waals surface area contributed by atoms with E-state index in [1.165, 1.54) is 5.56 Å². The molecule has 1 amide bonds. The fourth-order valence-corrected chi connectivity index (χ4v) is 2.36. The molecule has 0 aliphatic carbocycles. The summed E-state index contributed by atoms with van der Waals surface area (Å²) in [5.41, 5.74) is 2.75. The van der Waals surface area contributed by atoms with Gasteiger partial charge in [0, 0.05) is 30.6 Å². The Hall–Kier alpha value is -1.56. The van der Waals surface area contributed by atoms with Crippen LogP contribution in [0.4, 0.5) is 5.69 Å². The van der Waals surface area contributed by atoms with Crippen LogP contribution in [0.3, 0.4) is 0 Å². The van der Waals surface area contributed by atoms with Crippen molar-refractivity contribution >= 4 is 21.4 Å². The smallest absolute Gasteiger partial charge is 0.251 e. The summed E-state index contributed by atoms with van der Waals surface area (Å²) in [6.07, 6.45) is 2.13. The molecule has 18 heavy (non-hydrogen) atoms. The zero-order valence-electron chi connectivity index (χ0n) is 10.2. The molecule has 1 aromatic carbocycles. The van der Waals surface area contributed by atoms with E-state index in [1.54, 1.807) is 12.1 Å². The molecule has 98 valence electrons. The quantitative estimate of drug-likeness (QED) is 0.830. The summed E-state index contributed by atoms with van der Waals surface area (Å²) >= 11 is 0. The molecule has 1 aliphatic rings. The third-order valence-electron chi connectivity index (χ3n) is 2.84. The number of anilines is 1. The van der Waals surface area contributed by atoms with Crippen molar-refractivity contribution in [1.29, 1.82) is 0 Å². The van der Waals surface area contributed by atoms with Gasteiger partial charge in [-0.2, -0.15) is 0 Å². The predicted molar refractivity (Wildman–Crippen MR) is 70.7 cm³/mol. The molecule has 0 unspecified atom stereocenters. The van der Waals surface area contributed by atoms with E-state index >= 15 is 0 Å². The number of sulfone groups is 1. The Morgan fingerprint density at radius 2 is 2.22 bits per heavy atom. The topological polar surface area (TPSA) is 75.3 Å². The van der Waals surface area contributed by atoms with Crippen molar-refractivity contribution in [3.05, 3.63) is 29.3 Å². The molecule has 0 fully saturated rings. The molecular formula is C12H16N2O3S. The summed E-state index contributed by atoms with van der Waals surface area (Å²) in [6.45, 7) is 1.04. The molecule has 1 aromatic rings.